The Kier molecular flexibility index (Phi) is 5.46. The first-order chi connectivity index (χ1) is 12.1. The van der Waals surface area contributed by atoms with E-state index >= 15 is 0 Å². The summed E-state index contributed by atoms with van der Waals surface area (Å²) in [5.74, 6) is 1.58. The van der Waals surface area contributed by atoms with Crippen molar-refractivity contribution in [3.63, 3.8) is 0 Å². The first kappa shape index (κ1) is 17.2. The molecular weight excluding hydrogens is 310 g/mol. The van der Waals surface area contributed by atoms with E-state index in [0.29, 0.717) is 0 Å². The molecular formula is C20H25N5. The lowest BCUT2D eigenvalue weighted by molar-refractivity contribution is 0.425. The molecule has 0 amide bonds. The van der Waals surface area contributed by atoms with Gasteiger partial charge in [0.15, 0.2) is 0 Å². The van der Waals surface area contributed by atoms with Crippen molar-refractivity contribution in [3.05, 3.63) is 60.3 Å². The number of anilines is 2. The number of hydrogen-bond acceptors (Lipinski definition) is 5. The molecule has 3 aromatic rings. The molecule has 5 heteroatoms. The molecule has 0 aliphatic heterocycles. The molecule has 0 bridgehead atoms. The van der Waals surface area contributed by atoms with Gasteiger partial charge in [0.05, 0.1) is 0 Å². The van der Waals surface area contributed by atoms with E-state index in [1.807, 2.05) is 13.1 Å². The van der Waals surface area contributed by atoms with Crippen molar-refractivity contribution >= 4 is 22.5 Å². The van der Waals surface area contributed by atoms with Crippen LogP contribution in [0.2, 0.25) is 0 Å². The van der Waals surface area contributed by atoms with Gasteiger partial charge in [0, 0.05) is 32.9 Å². The predicted molar refractivity (Wildman–Crippen MR) is 105 cm³/mol. The summed E-state index contributed by atoms with van der Waals surface area (Å²) in [5.41, 5.74) is 1.27. The minimum atomic E-state index is 0.725. The minimum Gasteiger partial charge on any atom is -0.369 e. The van der Waals surface area contributed by atoms with Crippen LogP contribution in [0.5, 0.6) is 0 Å². The fourth-order valence-corrected chi connectivity index (χ4v) is 2.79. The average molecular weight is 335 g/mol. The molecule has 1 aromatic heterocycles. The summed E-state index contributed by atoms with van der Waals surface area (Å²) in [4.78, 5) is 13.3. The monoisotopic (exact) mass is 335 g/mol. The Balaban J connectivity index is 1.73. The summed E-state index contributed by atoms with van der Waals surface area (Å²) < 4.78 is 0. The number of rotatable bonds is 7. The molecule has 25 heavy (non-hydrogen) atoms. The molecule has 0 saturated carbocycles. The van der Waals surface area contributed by atoms with Crippen molar-refractivity contribution in [2.24, 2.45) is 0 Å². The first-order valence-corrected chi connectivity index (χ1v) is 8.53. The number of nitrogens with zero attached hydrogens (tertiary/aromatic N) is 4. The second-order valence-corrected chi connectivity index (χ2v) is 6.47. The second kappa shape index (κ2) is 7.94. The largest absolute Gasteiger partial charge is 0.369 e. The Labute approximate surface area is 149 Å². The highest BCUT2D eigenvalue weighted by atomic mass is 15.2. The van der Waals surface area contributed by atoms with Crippen LogP contribution >= 0.6 is 0 Å². The molecule has 1 N–H and O–H groups in total. The molecule has 0 saturated heterocycles. The summed E-state index contributed by atoms with van der Waals surface area (Å²) in [5, 5.41) is 5.88. The van der Waals surface area contributed by atoms with Crippen molar-refractivity contribution in [1.29, 1.82) is 0 Å². The van der Waals surface area contributed by atoms with Crippen LogP contribution in [-0.2, 0) is 6.54 Å². The van der Waals surface area contributed by atoms with Gasteiger partial charge in [-0.3, -0.25) is 0 Å². The summed E-state index contributed by atoms with van der Waals surface area (Å²) >= 11 is 0. The molecule has 0 fully saturated rings. The smallest absolute Gasteiger partial charge is 0.227 e. The van der Waals surface area contributed by atoms with Crippen LogP contribution in [0.3, 0.4) is 0 Å². The third kappa shape index (κ3) is 4.45. The topological polar surface area (TPSA) is 44.3 Å². The van der Waals surface area contributed by atoms with Crippen LogP contribution in [0.25, 0.3) is 10.8 Å². The third-order valence-corrected chi connectivity index (χ3v) is 4.14. The van der Waals surface area contributed by atoms with Gasteiger partial charge in [-0.1, -0.05) is 42.5 Å². The highest BCUT2D eigenvalue weighted by Gasteiger charge is 2.08. The van der Waals surface area contributed by atoms with Crippen molar-refractivity contribution in [2.45, 2.75) is 6.54 Å². The van der Waals surface area contributed by atoms with Crippen molar-refractivity contribution in [2.75, 3.05) is 44.4 Å². The summed E-state index contributed by atoms with van der Waals surface area (Å²) in [6, 6.07) is 16.8. The highest BCUT2D eigenvalue weighted by Crippen LogP contribution is 2.21. The van der Waals surface area contributed by atoms with Crippen molar-refractivity contribution in [3.8, 4) is 0 Å². The van der Waals surface area contributed by atoms with Crippen molar-refractivity contribution < 1.29 is 0 Å². The number of likely N-dealkylation sites (N-methyl/N-ethyl adjacent to an activating group) is 1. The van der Waals surface area contributed by atoms with E-state index in [9.17, 15) is 0 Å². The van der Waals surface area contributed by atoms with Gasteiger partial charge in [-0.2, -0.15) is 4.98 Å². The van der Waals surface area contributed by atoms with Crippen LogP contribution in [0.1, 0.15) is 5.56 Å². The van der Waals surface area contributed by atoms with E-state index in [1.54, 1.807) is 6.20 Å². The maximum absolute atomic E-state index is 4.63. The van der Waals surface area contributed by atoms with E-state index in [4.69, 9.17) is 0 Å². The zero-order valence-corrected chi connectivity index (χ0v) is 15.1. The summed E-state index contributed by atoms with van der Waals surface area (Å²) in [7, 11) is 6.15. The van der Waals surface area contributed by atoms with E-state index < -0.39 is 0 Å². The van der Waals surface area contributed by atoms with E-state index in [-0.39, 0.29) is 0 Å². The average Bonchev–Trinajstić information content (AvgIpc) is 2.62. The van der Waals surface area contributed by atoms with Gasteiger partial charge in [-0.05, 0) is 36.5 Å². The minimum absolute atomic E-state index is 0.725. The predicted octanol–water partition coefficient (Wildman–Crippen LogP) is 3.24. The number of aromatic nitrogens is 2. The lowest BCUT2D eigenvalue weighted by Crippen LogP contribution is -2.22. The number of nitrogens with one attached hydrogen (secondary N) is 1. The van der Waals surface area contributed by atoms with Crippen LogP contribution < -0.4 is 10.2 Å². The number of hydrogen-bond donors (Lipinski definition) is 1. The fourth-order valence-electron chi connectivity index (χ4n) is 2.79. The van der Waals surface area contributed by atoms with E-state index in [1.165, 1.54) is 16.3 Å². The lowest BCUT2D eigenvalue weighted by Gasteiger charge is -2.19. The van der Waals surface area contributed by atoms with Gasteiger partial charge >= 0.3 is 0 Å². The van der Waals surface area contributed by atoms with Crippen LogP contribution in [0.4, 0.5) is 11.8 Å². The Morgan fingerprint density at radius 1 is 0.960 bits per heavy atom. The van der Waals surface area contributed by atoms with Crippen LogP contribution in [0, 0.1) is 0 Å². The standard InChI is InChI=1S/C20H25N5/c1-24(2)14-13-21-19-11-12-22-20(23-19)25(3)15-17-9-6-8-16-7-4-5-10-18(16)17/h4-12H,13-15H2,1-3H3,(H,21,22,23). The zero-order valence-electron chi connectivity index (χ0n) is 15.1. The summed E-state index contributed by atoms with van der Waals surface area (Å²) in [6.45, 7) is 2.59. The maximum atomic E-state index is 4.63. The Bertz CT molecular complexity index is 826. The maximum Gasteiger partial charge on any atom is 0.227 e. The lowest BCUT2D eigenvalue weighted by atomic mass is 10.0. The van der Waals surface area contributed by atoms with Gasteiger partial charge in [0.2, 0.25) is 5.95 Å². The number of benzene rings is 2. The molecule has 0 spiro atoms. The van der Waals surface area contributed by atoms with Crippen molar-refractivity contribution in [1.82, 2.24) is 14.9 Å². The van der Waals surface area contributed by atoms with E-state index in [2.05, 4.69) is 81.6 Å². The molecule has 0 atom stereocenters. The number of fused-ring (bicyclic) bond motifs is 1. The first-order valence-electron chi connectivity index (χ1n) is 8.53. The van der Waals surface area contributed by atoms with Gasteiger partial charge in [-0.25, -0.2) is 4.98 Å². The summed E-state index contributed by atoms with van der Waals surface area (Å²) in [6.07, 6.45) is 1.81. The van der Waals surface area contributed by atoms with Gasteiger partial charge in [0.25, 0.3) is 0 Å². The Hall–Kier alpha value is -2.66. The Morgan fingerprint density at radius 2 is 1.76 bits per heavy atom. The Morgan fingerprint density at radius 3 is 2.60 bits per heavy atom. The molecule has 5 nitrogen and oxygen atoms in total. The molecule has 130 valence electrons. The SMILES string of the molecule is CN(C)CCNc1ccnc(N(C)Cc2cccc3ccccc23)n1. The van der Waals surface area contributed by atoms with Crippen LogP contribution in [-0.4, -0.2) is 49.1 Å². The molecule has 0 radical (unpaired) electrons. The third-order valence-electron chi connectivity index (χ3n) is 4.14. The van der Waals surface area contributed by atoms with Gasteiger partial charge in [0.1, 0.15) is 5.82 Å². The van der Waals surface area contributed by atoms with Crippen LogP contribution in [0.15, 0.2) is 54.7 Å². The van der Waals surface area contributed by atoms with Gasteiger partial charge < -0.3 is 15.1 Å². The molecule has 3 rings (SSSR count). The normalized spacial score (nSPS) is 11.0. The molecule has 0 aliphatic carbocycles. The molecule has 1 heterocycles. The second-order valence-electron chi connectivity index (χ2n) is 6.47. The molecule has 0 unspecified atom stereocenters. The fraction of sp³-hybridized carbons (Fsp3) is 0.300. The molecule has 2 aromatic carbocycles. The molecule has 0 aliphatic rings. The zero-order chi connectivity index (χ0) is 17.6. The van der Waals surface area contributed by atoms with E-state index in [0.717, 1.165) is 31.4 Å². The quantitative estimate of drug-likeness (QED) is 0.718. The highest BCUT2D eigenvalue weighted by molar-refractivity contribution is 5.85. The van der Waals surface area contributed by atoms with Gasteiger partial charge in [-0.15, -0.1) is 0 Å².